The Morgan fingerprint density at radius 3 is 2.62 bits per heavy atom. The van der Waals surface area contributed by atoms with Gasteiger partial charge in [-0.25, -0.2) is 0 Å². The number of hydrogen-bond donors (Lipinski definition) is 0. The van der Waals surface area contributed by atoms with Crippen LogP contribution < -0.4 is 0 Å². The highest BCUT2D eigenvalue weighted by molar-refractivity contribution is 7.98. The van der Waals surface area contributed by atoms with Crippen molar-refractivity contribution >= 4 is 17.5 Å². The second kappa shape index (κ2) is 4.47. The molecule has 0 N–H and O–H groups in total. The van der Waals surface area contributed by atoms with Crippen molar-refractivity contribution in [3.05, 3.63) is 29.3 Å². The summed E-state index contributed by atoms with van der Waals surface area (Å²) in [6, 6.07) is 6.01. The molecule has 0 unspecified atom stereocenters. The van der Waals surface area contributed by atoms with Gasteiger partial charge < -0.3 is 0 Å². The van der Waals surface area contributed by atoms with E-state index in [9.17, 15) is 4.79 Å². The Balaban J connectivity index is 3.08. The third-order valence-corrected chi connectivity index (χ3v) is 2.64. The fourth-order valence-corrected chi connectivity index (χ4v) is 1.78. The number of carbonyl (C=O) groups is 1. The van der Waals surface area contributed by atoms with Crippen molar-refractivity contribution in [2.75, 3.05) is 6.26 Å². The predicted molar refractivity (Wildman–Crippen MR) is 57.6 cm³/mol. The average Bonchev–Trinajstić information content (AvgIpc) is 2.15. The van der Waals surface area contributed by atoms with Gasteiger partial charge in [-0.3, -0.25) is 4.79 Å². The van der Waals surface area contributed by atoms with E-state index >= 15 is 0 Å². The molecule has 70 valence electrons. The molecule has 0 aromatic heterocycles. The van der Waals surface area contributed by atoms with Crippen molar-refractivity contribution in [1.82, 2.24) is 0 Å². The van der Waals surface area contributed by atoms with E-state index in [1.807, 2.05) is 32.2 Å². The summed E-state index contributed by atoms with van der Waals surface area (Å²) in [5, 5.41) is 0. The van der Waals surface area contributed by atoms with Gasteiger partial charge in [0, 0.05) is 16.9 Å². The number of hydrogen-bond acceptors (Lipinski definition) is 2. The van der Waals surface area contributed by atoms with E-state index in [0.29, 0.717) is 6.42 Å². The molecule has 0 atom stereocenters. The van der Waals surface area contributed by atoms with Gasteiger partial charge in [0.2, 0.25) is 0 Å². The SMILES string of the molecule is CCC(=O)c1cc(C)cc(SC)c1. The van der Waals surface area contributed by atoms with Crippen LogP contribution in [0.2, 0.25) is 0 Å². The highest BCUT2D eigenvalue weighted by Crippen LogP contribution is 2.19. The van der Waals surface area contributed by atoms with Crippen molar-refractivity contribution in [3.8, 4) is 0 Å². The highest BCUT2D eigenvalue weighted by Gasteiger charge is 2.04. The zero-order valence-electron chi connectivity index (χ0n) is 8.26. The number of carbonyl (C=O) groups excluding carboxylic acids is 1. The van der Waals surface area contributed by atoms with E-state index in [1.54, 1.807) is 11.8 Å². The molecule has 0 bridgehead atoms. The standard InChI is InChI=1S/C11H14OS/c1-4-11(12)9-5-8(2)6-10(7-9)13-3/h5-7H,4H2,1-3H3. The van der Waals surface area contributed by atoms with Crippen LogP contribution in [-0.4, -0.2) is 12.0 Å². The minimum absolute atomic E-state index is 0.221. The molecular weight excluding hydrogens is 180 g/mol. The lowest BCUT2D eigenvalue weighted by Gasteiger charge is -2.03. The Bertz CT molecular complexity index is 318. The Morgan fingerprint density at radius 1 is 1.38 bits per heavy atom. The normalized spacial score (nSPS) is 10.1. The Labute approximate surface area is 83.5 Å². The monoisotopic (exact) mass is 194 g/mol. The number of Topliss-reactive ketones (excluding diaryl/α,β-unsaturated/α-hetero) is 1. The predicted octanol–water partition coefficient (Wildman–Crippen LogP) is 3.31. The summed E-state index contributed by atoms with van der Waals surface area (Å²) in [4.78, 5) is 12.6. The van der Waals surface area contributed by atoms with Gasteiger partial charge in [-0.15, -0.1) is 11.8 Å². The molecule has 1 aromatic carbocycles. The van der Waals surface area contributed by atoms with Crippen LogP contribution in [0.4, 0.5) is 0 Å². The van der Waals surface area contributed by atoms with Crippen LogP contribution in [0.15, 0.2) is 23.1 Å². The zero-order valence-corrected chi connectivity index (χ0v) is 9.07. The maximum atomic E-state index is 11.4. The minimum Gasteiger partial charge on any atom is -0.294 e. The smallest absolute Gasteiger partial charge is 0.162 e. The van der Waals surface area contributed by atoms with Gasteiger partial charge in [-0.2, -0.15) is 0 Å². The van der Waals surface area contributed by atoms with Crippen molar-refractivity contribution in [2.24, 2.45) is 0 Å². The summed E-state index contributed by atoms with van der Waals surface area (Å²) in [5.74, 6) is 0.221. The first-order chi connectivity index (χ1) is 6.17. The van der Waals surface area contributed by atoms with Crippen LogP contribution in [0.1, 0.15) is 29.3 Å². The first-order valence-electron chi connectivity index (χ1n) is 4.36. The number of rotatable bonds is 3. The van der Waals surface area contributed by atoms with E-state index < -0.39 is 0 Å². The van der Waals surface area contributed by atoms with Crippen molar-refractivity contribution in [1.29, 1.82) is 0 Å². The average molecular weight is 194 g/mol. The van der Waals surface area contributed by atoms with Crippen LogP contribution in [0.25, 0.3) is 0 Å². The molecule has 0 saturated carbocycles. The van der Waals surface area contributed by atoms with Gasteiger partial charge in [0.15, 0.2) is 5.78 Å². The molecule has 0 spiro atoms. The first kappa shape index (κ1) is 10.3. The third kappa shape index (κ3) is 2.59. The number of thioether (sulfide) groups is 1. The number of ketones is 1. The molecule has 0 aliphatic heterocycles. The van der Waals surface area contributed by atoms with E-state index in [4.69, 9.17) is 0 Å². The van der Waals surface area contributed by atoms with E-state index in [1.165, 1.54) is 0 Å². The third-order valence-electron chi connectivity index (χ3n) is 1.93. The van der Waals surface area contributed by atoms with Crippen LogP contribution in [-0.2, 0) is 0 Å². The summed E-state index contributed by atoms with van der Waals surface area (Å²) < 4.78 is 0. The van der Waals surface area contributed by atoms with Crippen molar-refractivity contribution in [3.63, 3.8) is 0 Å². The van der Waals surface area contributed by atoms with Crippen LogP contribution in [0, 0.1) is 6.92 Å². The van der Waals surface area contributed by atoms with Crippen LogP contribution in [0.3, 0.4) is 0 Å². The molecule has 0 amide bonds. The lowest BCUT2D eigenvalue weighted by atomic mass is 10.1. The van der Waals surface area contributed by atoms with Gasteiger partial charge in [0.25, 0.3) is 0 Å². The summed E-state index contributed by atoms with van der Waals surface area (Å²) in [6.07, 6.45) is 2.60. The zero-order chi connectivity index (χ0) is 9.84. The minimum atomic E-state index is 0.221. The molecule has 0 heterocycles. The van der Waals surface area contributed by atoms with Crippen LogP contribution in [0.5, 0.6) is 0 Å². The van der Waals surface area contributed by atoms with Crippen LogP contribution >= 0.6 is 11.8 Å². The molecule has 1 aromatic rings. The Hall–Kier alpha value is -0.760. The fraction of sp³-hybridized carbons (Fsp3) is 0.364. The lowest BCUT2D eigenvalue weighted by Crippen LogP contribution is -1.97. The van der Waals surface area contributed by atoms with Gasteiger partial charge in [0.05, 0.1) is 0 Å². The summed E-state index contributed by atoms with van der Waals surface area (Å²) in [7, 11) is 0. The molecule has 2 heteroatoms. The molecule has 0 saturated heterocycles. The van der Waals surface area contributed by atoms with Crippen molar-refractivity contribution < 1.29 is 4.79 Å². The van der Waals surface area contributed by atoms with Crippen molar-refractivity contribution in [2.45, 2.75) is 25.2 Å². The van der Waals surface area contributed by atoms with Gasteiger partial charge in [0.1, 0.15) is 0 Å². The topological polar surface area (TPSA) is 17.1 Å². The second-order valence-electron chi connectivity index (χ2n) is 3.02. The largest absolute Gasteiger partial charge is 0.294 e. The Morgan fingerprint density at radius 2 is 2.08 bits per heavy atom. The number of aryl methyl sites for hydroxylation is 1. The quantitative estimate of drug-likeness (QED) is 0.542. The van der Waals surface area contributed by atoms with Gasteiger partial charge >= 0.3 is 0 Å². The summed E-state index contributed by atoms with van der Waals surface area (Å²) >= 11 is 1.67. The Kier molecular flexibility index (Phi) is 3.55. The maximum Gasteiger partial charge on any atom is 0.162 e. The highest BCUT2D eigenvalue weighted by atomic mass is 32.2. The first-order valence-corrected chi connectivity index (χ1v) is 5.58. The molecule has 0 aliphatic rings. The van der Waals surface area contributed by atoms with E-state index in [2.05, 4.69) is 6.07 Å². The number of benzene rings is 1. The van der Waals surface area contributed by atoms with Gasteiger partial charge in [-0.05, 0) is 36.9 Å². The lowest BCUT2D eigenvalue weighted by molar-refractivity contribution is 0.0988. The molecule has 13 heavy (non-hydrogen) atoms. The van der Waals surface area contributed by atoms with Gasteiger partial charge in [-0.1, -0.05) is 6.92 Å². The molecule has 0 aliphatic carbocycles. The molecule has 1 rings (SSSR count). The second-order valence-corrected chi connectivity index (χ2v) is 3.90. The molecule has 1 nitrogen and oxygen atoms in total. The van der Waals surface area contributed by atoms with E-state index in [-0.39, 0.29) is 5.78 Å². The molecular formula is C11H14OS. The summed E-state index contributed by atoms with van der Waals surface area (Å²) in [5.41, 5.74) is 2.00. The molecule has 0 radical (unpaired) electrons. The maximum absolute atomic E-state index is 11.4. The molecule has 0 fully saturated rings. The van der Waals surface area contributed by atoms with E-state index in [0.717, 1.165) is 16.0 Å². The fourth-order valence-electron chi connectivity index (χ4n) is 1.23. The summed E-state index contributed by atoms with van der Waals surface area (Å²) in [6.45, 7) is 3.91.